The summed E-state index contributed by atoms with van der Waals surface area (Å²) < 4.78 is 0. The van der Waals surface area contributed by atoms with Crippen molar-refractivity contribution >= 4 is 17.2 Å². The second kappa shape index (κ2) is 4.78. The average Bonchev–Trinajstić information content (AvgIpc) is 2.56. The second-order valence-corrected chi connectivity index (χ2v) is 3.46. The van der Waals surface area contributed by atoms with E-state index in [1.807, 2.05) is 17.3 Å². The van der Waals surface area contributed by atoms with Gasteiger partial charge in [0.2, 0.25) is 0 Å². The summed E-state index contributed by atoms with van der Waals surface area (Å²) in [5, 5.41) is 13.2. The smallest absolute Gasteiger partial charge is 0.153 e. The van der Waals surface area contributed by atoms with Crippen LogP contribution in [0.2, 0.25) is 0 Å². The number of likely N-dealkylation sites (N-methyl/N-ethyl adjacent to an activating group) is 1. The monoisotopic (exact) mass is 200 g/mol. The Morgan fingerprint density at radius 2 is 2.62 bits per heavy atom. The maximum atomic E-state index is 8.33. The number of amidine groups is 1. The molecular formula is C7H12N4OS. The predicted octanol–water partition coefficient (Wildman–Crippen LogP) is 0.321. The molecule has 3 N–H and O–H groups in total. The first kappa shape index (κ1) is 9.94. The zero-order valence-electron chi connectivity index (χ0n) is 7.34. The number of aromatic nitrogens is 1. The fourth-order valence-corrected chi connectivity index (χ4v) is 1.51. The Labute approximate surface area is 80.5 Å². The molecule has 0 aliphatic heterocycles. The normalized spacial score (nSPS) is 12.3. The Bertz CT molecular complexity index is 272. The molecule has 0 radical (unpaired) electrons. The van der Waals surface area contributed by atoms with Crippen molar-refractivity contribution in [3.8, 4) is 0 Å². The van der Waals surface area contributed by atoms with Gasteiger partial charge in [0, 0.05) is 11.9 Å². The maximum absolute atomic E-state index is 8.33. The van der Waals surface area contributed by atoms with Crippen LogP contribution in [-0.4, -0.2) is 34.5 Å². The van der Waals surface area contributed by atoms with Crippen LogP contribution in [0.25, 0.3) is 0 Å². The van der Waals surface area contributed by atoms with E-state index in [2.05, 4.69) is 10.1 Å². The first-order valence-corrected chi connectivity index (χ1v) is 4.68. The van der Waals surface area contributed by atoms with Crippen LogP contribution >= 0.6 is 11.3 Å². The molecule has 0 aliphatic rings. The first-order chi connectivity index (χ1) is 6.22. The minimum absolute atomic E-state index is 0.206. The lowest BCUT2D eigenvalue weighted by molar-refractivity contribution is 0.308. The molecule has 0 atom stereocenters. The summed E-state index contributed by atoms with van der Waals surface area (Å²) in [5.41, 5.74) is 8.13. The third-order valence-electron chi connectivity index (χ3n) is 1.48. The maximum Gasteiger partial charge on any atom is 0.153 e. The van der Waals surface area contributed by atoms with Crippen molar-refractivity contribution in [2.24, 2.45) is 10.9 Å². The van der Waals surface area contributed by atoms with Crippen molar-refractivity contribution in [1.29, 1.82) is 0 Å². The summed E-state index contributed by atoms with van der Waals surface area (Å²) >= 11 is 1.56. The van der Waals surface area contributed by atoms with E-state index in [1.165, 1.54) is 0 Å². The molecule has 0 bridgehead atoms. The zero-order chi connectivity index (χ0) is 9.68. The van der Waals surface area contributed by atoms with Crippen LogP contribution in [0.3, 0.4) is 0 Å². The van der Waals surface area contributed by atoms with E-state index < -0.39 is 0 Å². The quantitative estimate of drug-likeness (QED) is 0.318. The zero-order valence-corrected chi connectivity index (χ0v) is 8.16. The molecule has 0 saturated carbocycles. The molecule has 0 unspecified atom stereocenters. The van der Waals surface area contributed by atoms with E-state index >= 15 is 0 Å². The van der Waals surface area contributed by atoms with Gasteiger partial charge in [-0.1, -0.05) is 5.16 Å². The van der Waals surface area contributed by atoms with Crippen molar-refractivity contribution in [1.82, 2.24) is 9.88 Å². The summed E-state index contributed by atoms with van der Waals surface area (Å²) in [6.45, 7) is 1.15. The van der Waals surface area contributed by atoms with Crippen LogP contribution in [0.5, 0.6) is 0 Å². The highest BCUT2D eigenvalue weighted by atomic mass is 32.1. The Kier molecular flexibility index (Phi) is 3.66. The molecule has 0 spiro atoms. The van der Waals surface area contributed by atoms with Crippen LogP contribution in [0, 0.1) is 0 Å². The molecular weight excluding hydrogens is 188 g/mol. The van der Waals surface area contributed by atoms with Crippen LogP contribution in [0.4, 0.5) is 0 Å². The largest absolute Gasteiger partial charge is 0.409 e. The summed E-state index contributed by atoms with van der Waals surface area (Å²) in [6, 6.07) is 0. The molecule has 72 valence electrons. The van der Waals surface area contributed by atoms with Gasteiger partial charge in [-0.25, -0.2) is 4.98 Å². The molecule has 0 aliphatic carbocycles. The number of nitrogens with two attached hydrogens (primary N) is 1. The molecule has 1 aromatic heterocycles. The third kappa shape index (κ3) is 3.39. The van der Waals surface area contributed by atoms with Gasteiger partial charge >= 0.3 is 0 Å². The topological polar surface area (TPSA) is 74.7 Å². The second-order valence-electron chi connectivity index (χ2n) is 2.74. The van der Waals surface area contributed by atoms with E-state index in [0.29, 0.717) is 13.1 Å². The van der Waals surface area contributed by atoms with Crippen molar-refractivity contribution in [3.05, 3.63) is 16.6 Å². The van der Waals surface area contributed by atoms with Gasteiger partial charge in [-0.05, 0) is 7.05 Å². The molecule has 1 aromatic rings. The highest BCUT2D eigenvalue weighted by molar-refractivity contribution is 7.07. The van der Waals surface area contributed by atoms with Gasteiger partial charge in [0.25, 0.3) is 0 Å². The van der Waals surface area contributed by atoms with E-state index in [-0.39, 0.29) is 5.84 Å². The fourth-order valence-electron chi connectivity index (χ4n) is 0.956. The van der Waals surface area contributed by atoms with E-state index in [9.17, 15) is 0 Å². The van der Waals surface area contributed by atoms with Crippen molar-refractivity contribution < 1.29 is 5.21 Å². The van der Waals surface area contributed by atoms with Gasteiger partial charge in [0.15, 0.2) is 5.84 Å². The summed E-state index contributed by atoms with van der Waals surface area (Å²) in [6.07, 6.45) is 0. The first-order valence-electron chi connectivity index (χ1n) is 3.74. The number of thiazole rings is 1. The van der Waals surface area contributed by atoms with Gasteiger partial charge in [0.05, 0.1) is 17.7 Å². The molecule has 0 aromatic carbocycles. The van der Waals surface area contributed by atoms with Gasteiger partial charge in [0.1, 0.15) is 0 Å². The number of nitrogens with zero attached hydrogens (tertiary/aromatic N) is 3. The SMILES string of the molecule is CN(CC(N)=NO)Cc1cscn1. The van der Waals surface area contributed by atoms with Gasteiger partial charge in [-0.3, -0.25) is 4.90 Å². The summed E-state index contributed by atoms with van der Waals surface area (Å²) in [5.74, 6) is 0.206. The van der Waals surface area contributed by atoms with Crippen LogP contribution in [0.1, 0.15) is 5.69 Å². The average molecular weight is 200 g/mol. The molecule has 6 heteroatoms. The Balaban J connectivity index is 2.38. The van der Waals surface area contributed by atoms with E-state index in [0.717, 1.165) is 5.69 Å². The minimum Gasteiger partial charge on any atom is -0.409 e. The van der Waals surface area contributed by atoms with Crippen LogP contribution < -0.4 is 5.73 Å². The minimum atomic E-state index is 0.206. The lowest BCUT2D eigenvalue weighted by Crippen LogP contribution is -2.30. The Morgan fingerprint density at radius 1 is 1.85 bits per heavy atom. The van der Waals surface area contributed by atoms with Gasteiger partial charge in [-0.2, -0.15) is 0 Å². The number of hydrogen-bond acceptors (Lipinski definition) is 5. The molecule has 1 heterocycles. The molecule has 0 saturated heterocycles. The molecule has 0 fully saturated rings. The highest BCUT2D eigenvalue weighted by Gasteiger charge is 2.03. The Morgan fingerprint density at radius 3 is 3.15 bits per heavy atom. The fraction of sp³-hybridized carbons (Fsp3) is 0.429. The summed E-state index contributed by atoms with van der Waals surface area (Å²) in [4.78, 5) is 6.04. The van der Waals surface area contributed by atoms with Crippen LogP contribution in [-0.2, 0) is 6.54 Å². The van der Waals surface area contributed by atoms with Gasteiger partial charge < -0.3 is 10.9 Å². The molecule has 1 rings (SSSR count). The number of hydrogen-bond donors (Lipinski definition) is 2. The lowest BCUT2D eigenvalue weighted by atomic mass is 10.4. The number of rotatable bonds is 4. The van der Waals surface area contributed by atoms with Crippen molar-refractivity contribution in [2.45, 2.75) is 6.54 Å². The predicted molar refractivity (Wildman–Crippen MR) is 51.9 cm³/mol. The number of oxime groups is 1. The van der Waals surface area contributed by atoms with Crippen LogP contribution in [0.15, 0.2) is 16.0 Å². The van der Waals surface area contributed by atoms with E-state index in [4.69, 9.17) is 10.9 Å². The summed E-state index contributed by atoms with van der Waals surface area (Å²) in [7, 11) is 1.89. The standard InChI is InChI=1S/C7H12N4OS/c1-11(3-7(8)10-12)2-6-4-13-5-9-6/h4-5,12H,2-3H2,1H3,(H2,8,10). The third-order valence-corrected chi connectivity index (χ3v) is 2.11. The van der Waals surface area contributed by atoms with Crippen molar-refractivity contribution in [2.75, 3.05) is 13.6 Å². The van der Waals surface area contributed by atoms with Crippen molar-refractivity contribution in [3.63, 3.8) is 0 Å². The lowest BCUT2D eigenvalue weighted by Gasteiger charge is -2.13. The molecule has 13 heavy (non-hydrogen) atoms. The highest BCUT2D eigenvalue weighted by Crippen LogP contribution is 2.03. The molecule has 5 nitrogen and oxygen atoms in total. The van der Waals surface area contributed by atoms with E-state index in [1.54, 1.807) is 16.8 Å². The van der Waals surface area contributed by atoms with Gasteiger partial charge in [-0.15, -0.1) is 11.3 Å². The Hall–Kier alpha value is -1.14. The molecule has 0 amide bonds.